The number of rotatable bonds is 5. The van der Waals surface area contributed by atoms with Crippen LogP contribution in [0.15, 0.2) is 24.3 Å². The van der Waals surface area contributed by atoms with Crippen molar-refractivity contribution in [3.63, 3.8) is 0 Å². The van der Waals surface area contributed by atoms with Crippen LogP contribution in [0.4, 0.5) is 10.1 Å². The molecule has 1 amide bonds. The monoisotopic (exact) mass is 345 g/mol. The molecule has 1 saturated heterocycles. The van der Waals surface area contributed by atoms with Gasteiger partial charge in [-0.3, -0.25) is 14.8 Å². The third kappa shape index (κ3) is 4.36. The average molecular weight is 345 g/mol. The molecule has 1 aliphatic heterocycles. The molecule has 0 spiro atoms. The fourth-order valence-electron chi connectivity index (χ4n) is 3.20. The van der Waals surface area contributed by atoms with Crippen molar-refractivity contribution in [2.24, 2.45) is 0 Å². The molecule has 0 atom stereocenters. The van der Waals surface area contributed by atoms with Crippen molar-refractivity contribution >= 4 is 11.6 Å². The first-order valence-corrected chi connectivity index (χ1v) is 8.53. The van der Waals surface area contributed by atoms with E-state index in [0.29, 0.717) is 13.1 Å². The Hall–Kier alpha value is -2.41. The van der Waals surface area contributed by atoms with E-state index in [1.54, 1.807) is 12.1 Å². The maximum Gasteiger partial charge on any atom is 0.234 e. The molecule has 3 rings (SSSR count). The number of hydrogen-bond acceptors (Lipinski definition) is 4. The van der Waals surface area contributed by atoms with Gasteiger partial charge in [-0.1, -0.05) is 12.1 Å². The second-order valence-corrected chi connectivity index (χ2v) is 6.45. The number of nitrogens with one attached hydrogen (secondary N) is 2. The molecule has 0 saturated carbocycles. The van der Waals surface area contributed by atoms with Crippen LogP contribution in [0.2, 0.25) is 0 Å². The number of aryl methyl sites for hydroxylation is 2. The van der Waals surface area contributed by atoms with E-state index in [0.717, 1.165) is 43.1 Å². The van der Waals surface area contributed by atoms with Crippen LogP contribution in [0.3, 0.4) is 0 Å². The molecule has 0 bridgehead atoms. The molecule has 0 radical (unpaired) electrons. The van der Waals surface area contributed by atoms with Gasteiger partial charge < -0.3 is 10.2 Å². The third-order valence-electron chi connectivity index (χ3n) is 4.55. The van der Waals surface area contributed by atoms with Crippen LogP contribution in [0.25, 0.3) is 0 Å². The predicted molar refractivity (Wildman–Crippen MR) is 95.0 cm³/mol. The number of hydrogen-bond donors (Lipinski definition) is 2. The number of nitrogens with zero attached hydrogens (tertiary/aromatic N) is 3. The lowest BCUT2D eigenvalue weighted by Crippen LogP contribution is -2.49. The SMILES string of the molecule is Cc1n[nH]c(C)c1N1CCN(CC(=O)NCc2ccc(F)cc2)CC1. The topological polar surface area (TPSA) is 64.3 Å². The van der Waals surface area contributed by atoms with E-state index < -0.39 is 0 Å². The molecule has 1 aromatic heterocycles. The van der Waals surface area contributed by atoms with Gasteiger partial charge >= 0.3 is 0 Å². The van der Waals surface area contributed by atoms with Gasteiger partial charge in [-0.25, -0.2) is 4.39 Å². The van der Waals surface area contributed by atoms with E-state index in [1.165, 1.54) is 17.8 Å². The van der Waals surface area contributed by atoms with Crippen molar-refractivity contribution in [3.8, 4) is 0 Å². The number of anilines is 1. The number of carbonyl (C=O) groups is 1. The summed E-state index contributed by atoms with van der Waals surface area (Å²) in [4.78, 5) is 16.6. The zero-order valence-corrected chi connectivity index (χ0v) is 14.7. The average Bonchev–Trinajstić information content (AvgIpc) is 2.94. The Balaban J connectivity index is 1.44. The molecule has 2 aromatic rings. The second kappa shape index (κ2) is 7.65. The normalized spacial score (nSPS) is 15.4. The molecule has 1 fully saturated rings. The lowest BCUT2D eigenvalue weighted by atomic mass is 10.2. The summed E-state index contributed by atoms with van der Waals surface area (Å²) in [6.07, 6.45) is 0. The Labute approximate surface area is 147 Å². The quantitative estimate of drug-likeness (QED) is 0.864. The summed E-state index contributed by atoms with van der Waals surface area (Å²) < 4.78 is 12.9. The number of piperazine rings is 1. The molecule has 6 nitrogen and oxygen atoms in total. The number of halogens is 1. The van der Waals surface area contributed by atoms with Gasteiger partial charge in [0, 0.05) is 32.7 Å². The van der Waals surface area contributed by atoms with Crippen LogP contribution in [0.1, 0.15) is 17.0 Å². The van der Waals surface area contributed by atoms with Gasteiger partial charge in [-0.2, -0.15) is 5.10 Å². The highest BCUT2D eigenvalue weighted by Crippen LogP contribution is 2.23. The summed E-state index contributed by atoms with van der Waals surface area (Å²) in [5, 5.41) is 10.2. The Kier molecular flexibility index (Phi) is 5.33. The van der Waals surface area contributed by atoms with Gasteiger partial charge in [0.15, 0.2) is 0 Å². The van der Waals surface area contributed by atoms with E-state index in [9.17, 15) is 9.18 Å². The summed E-state index contributed by atoms with van der Waals surface area (Å²) >= 11 is 0. The number of carbonyl (C=O) groups excluding carboxylic acids is 1. The summed E-state index contributed by atoms with van der Waals surface area (Å²) in [6.45, 7) is 8.30. The summed E-state index contributed by atoms with van der Waals surface area (Å²) in [6, 6.07) is 6.18. The maximum absolute atomic E-state index is 12.9. The number of H-pyrrole nitrogens is 1. The molecule has 1 aromatic carbocycles. The Bertz CT molecular complexity index is 700. The molecule has 7 heteroatoms. The summed E-state index contributed by atoms with van der Waals surface area (Å²) in [7, 11) is 0. The largest absolute Gasteiger partial charge is 0.366 e. The zero-order chi connectivity index (χ0) is 17.8. The van der Waals surface area contributed by atoms with E-state index in [2.05, 4.69) is 25.3 Å². The van der Waals surface area contributed by atoms with Gasteiger partial charge in [0.25, 0.3) is 0 Å². The van der Waals surface area contributed by atoms with E-state index >= 15 is 0 Å². The zero-order valence-electron chi connectivity index (χ0n) is 14.7. The number of aromatic amines is 1. The molecule has 2 N–H and O–H groups in total. The van der Waals surface area contributed by atoms with Crippen molar-refractivity contribution < 1.29 is 9.18 Å². The van der Waals surface area contributed by atoms with Gasteiger partial charge in [0.2, 0.25) is 5.91 Å². The van der Waals surface area contributed by atoms with Gasteiger partial charge in [0.1, 0.15) is 5.82 Å². The molecular weight excluding hydrogens is 321 g/mol. The number of amides is 1. The van der Waals surface area contributed by atoms with Crippen LogP contribution in [0.5, 0.6) is 0 Å². The fraction of sp³-hybridized carbons (Fsp3) is 0.444. The van der Waals surface area contributed by atoms with Crippen LogP contribution in [-0.2, 0) is 11.3 Å². The molecule has 0 aliphatic carbocycles. The standard InChI is InChI=1S/C18H24FN5O/c1-13-18(14(2)22-21-13)24-9-7-23(8-10-24)12-17(25)20-11-15-3-5-16(19)6-4-15/h3-6H,7-12H2,1-2H3,(H,20,25)(H,21,22). The van der Waals surface area contributed by atoms with Crippen molar-refractivity contribution in [1.82, 2.24) is 20.4 Å². The van der Waals surface area contributed by atoms with Crippen LogP contribution in [-0.4, -0.2) is 53.7 Å². The number of aromatic nitrogens is 2. The smallest absolute Gasteiger partial charge is 0.234 e. The third-order valence-corrected chi connectivity index (χ3v) is 4.55. The minimum absolute atomic E-state index is 0.00607. The van der Waals surface area contributed by atoms with Crippen molar-refractivity contribution in [2.75, 3.05) is 37.6 Å². The molecule has 25 heavy (non-hydrogen) atoms. The summed E-state index contributed by atoms with van der Waals surface area (Å²) in [5.74, 6) is -0.274. The van der Waals surface area contributed by atoms with E-state index in [1.807, 2.05) is 13.8 Å². The van der Waals surface area contributed by atoms with Crippen molar-refractivity contribution in [3.05, 3.63) is 47.0 Å². The fourth-order valence-corrected chi connectivity index (χ4v) is 3.20. The van der Waals surface area contributed by atoms with Gasteiger partial charge in [0.05, 0.1) is 23.6 Å². The van der Waals surface area contributed by atoms with Crippen LogP contribution >= 0.6 is 0 Å². The molecular formula is C18H24FN5O. The Morgan fingerprint density at radius 3 is 2.48 bits per heavy atom. The number of benzene rings is 1. The Morgan fingerprint density at radius 1 is 1.20 bits per heavy atom. The summed E-state index contributed by atoms with van der Waals surface area (Å²) in [5.41, 5.74) is 4.18. The molecule has 134 valence electrons. The molecule has 0 unspecified atom stereocenters. The first-order chi connectivity index (χ1) is 12.0. The van der Waals surface area contributed by atoms with Crippen LogP contribution < -0.4 is 10.2 Å². The van der Waals surface area contributed by atoms with E-state index in [-0.39, 0.29) is 11.7 Å². The van der Waals surface area contributed by atoms with Gasteiger partial charge in [-0.15, -0.1) is 0 Å². The lowest BCUT2D eigenvalue weighted by Gasteiger charge is -2.35. The van der Waals surface area contributed by atoms with Crippen LogP contribution in [0, 0.1) is 19.7 Å². The minimum atomic E-state index is -0.268. The first-order valence-electron chi connectivity index (χ1n) is 8.53. The predicted octanol–water partition coefficient (Wildman–Crippen LogP) is 1.60. The maximum atomic E-state index is 12.9. The van der Waals surface area contributed by atoms with Crippen molar-refractivity contribution in [2.45, 2.75) is 20.4 Å². The first kappa shape index (κ1) is 17.4. The Morgan fingerprint density at radius 2 is 1.88 bits per heavy atom. The van der Waals surface area contributed by atoms with Gasteiger partial charge in [-0.05, 0) is 31.5 Å². The highest BCUT2D eigenvalue weighted by atomic mass is 19.1. The highest BCUT2D eigenvalue weighted by molar-refractivity contribution is 5.78. The highest BCUT2D eigenvalue weighted by Gasteiger charge is 2.22. The molecule has 1 aliphatic rings. The van der Waals surface area contributed by atoms with E-state index in [4.69, 9.17) is 0 Å². The second-order valence-electron chi connectivity index (χ2n) is 6.45. The lowest BCUT2D eigenvalue weighted by molar-refractivity contribution is -0.122. The van der Waals surface area contributed by atoms with Crippen molar-refractivity contribution in [1.29, 1.82) is 0 Å². The molecule has 2 heterocycles. The minimum Gasteiger partial charge on any atom is -0.366 e.